The molecule has 0 rings (SSSR count). The lowest BCUT2D eigenvalue weighted by molar-refractivity contribution is -0.153. The van der Waals surface area contributed by atoms with E-state index >= 15 is 0 Å². The van der Waals surface area contributed by atoms with Gasteiger partial charge in [0.2, 0.25) is 0 Å². The molecule has 0 saturated carbocycles. The second-order valence-corrected chi connectivity index (χ2v) is 4.23. The van der Waals surface area contributed by atoms with E-state index in [9.17, 15) is 9.59 Å². The van der Waals surface area contributed by atoms with Gasteiger partial charge in [0.15, 0.2) is 0 Å². The van der Waals surface area contributed by atoms with E-state index in [0.717, 1.165) is 0 Å². The van der Waals surface area contributed by atoms with Crippen LogP contribution in [-0.4, -0.2) is 17.9 Å². The summed E-state index contributed by atoms with van der Waals surface area (Å²) in [5.74, 6) is -0.232. The minimum absolute atomic E-state index is 0.00945. The number of carbonyl (C=O) groups is 2. The highest BCUT2D eigenvalue weighted by atomic mass is 16.5. The second-order valence-electron chi connectivity index (χ2n) is 4.23. The van der Waals surface area contributed by atoms with Crippen molar-refractivity contribution < 1.29 is 14.3 Å². The van der Waals surface area contributed by atoms with E-state index in [1.807, 2.05) is 13.8 Å². The Morgan fingerprint density at radius 1 is 1.00 bits per heavy atom. The highest BCUT2D eigenvalue weighted by molar-refractivity contribution is 5.81. The van der Waals surface area contributed by atoms with Crippen molar-refractivity contribution in [1.82, 2.24) is 0 Å². The standard InChI is InChI=1S/C11H20O3/c1-7(2)10(12)6-9(5)14-11(13)8(3)4/h7-9H,6H2,1-5H3. The third-order valence-corrected chi connectivity index (χ3v) is 1.92. The maximum atomic E-state index is 11.3. The quantitative estimate of drug-likeness (QED) is 0.639. The molecule has 0 N–H and O–H groups in total. The fourth-order valence-electron chi connectivity index (χ4n) is 0.895. The number of hydrogen-bond donors (Lipinski definition) is 0. The Morgan fingerprint density at radius 2 is 1.50 bits per heavy atom. The highest BCUT2D eigenvalue weighted by Gasteiger charge is 2.17. The molecule has 0 radical (unpaired) electrons. The predicted molar refractivity (Wildman–Crippen MR) is 54.9 cm³/mol. The molecular weight excluding hydrogens is 180 g/mol. The van der Waals surface area contributed by atoms with Crippen molar-refractivity contribution in [3.8, 4) is 0 Å². The number of Topliss-reactive ketones (excluding diaryl/α,β-unsaturated/α-hetero) is 1. The minimum atomic E-state index is -0.306. The van der Waals surface area contributed by atoms with Crippen LogP contribution < -0.4 is 0 Å². The van der Waals surface area contributed by atoms with Crippen LogP contribution in [0.1, 0.15) is 41.0 Å². The Bertz CT molecular complexity index is 185. The van der Waals surface area contributed by atoms with E-state index in [2.05, 4.69) is 0 Å². The van der Waals surface area contributed by atoms with E-state index in [4.69, 9.17) is 4.74 Å². The van der Waals surface area contributed by atoms with Gasteiger partial charge in [0.1, 0.15) is 11.9 Å². The molecule has 0 spiro atoms. The summed E-state index contributed by atoms with van der Waals surface area (Å²) < 4.78 is 5.07. The van der Waals surface area contributed by atoms with Crippen molar-refractivity contribution in [2.24, 2.45) is 11.8 Å². The molecule has 0 amide bonds. The summed E-state index contributed by atoms with van der Waals surface area (Å²) in [6, 6.07) is 0. The molecule has 0 saturated heterocycles. The van der Waals surface area contributed by atoms with Crippen LogP contribution in [0.4, 0.5) is 0 Å². The molecule has 0 aliphatic carbocycles. The number of hydrogen-bond acceptors (Lipinski definition) is 3. The van der Waals surface area contributed by atoms with Gasteiger partial charge in [-0.3, -0.25) is 9.59 Å². The minimum Gasteiger partial charge on any atom is -0.462 e. The molecule has 0 aliphatic rings. The SMILES string of the molecule is CC(CC(=O)C(C)C)OC(=O)C(C)C. The Labute approximate surface area is 85.8 Å². The lowest BCUT2D eigenvalue weighted by atomic mass is 10.0. The zero-order chi connectivity index (χ0) is 11.3. The molecule has 0 aromatic carbocycles. The molecule has 0 aromatic heterocycles. The molecule has 0 aromatic rings. The fraction of sp³-hybridized carbons (Fsp3) is 0.818. The maximum absolute atomic E-state index is 11.3. The average molecular weight is 200 g/mol. The Hall–Kier alpha value is -0.860. The van der Waals surface area contributed by atoms with Crippen molar-refractivity contribution in [2.45, 2.75) is 47.1 Å². The normalized spacial score (nSPS) is 13.1. The Morgan fingerprint density at radius 3 is 1.86 bits per heavy atom. The van der Waals surface area contributed by atoms with Crippen molar-refractivity contribution in [2.75, 3.05) is 0 Å². The van der Waals surface area contributed by atoms with Gasteiger partial charge in [-0.2, -0.15) is 0 Å². The van der Waals surface area contributed by atoms with Crippen LogP contribution in [0, 0.1) is 11.8 Å². The van der Waals surface area contributed by atoms with E-state index in [0.29, 0.717) is 6.42 Å². The van der Waals surface area contributed by atoms with Crippen molar-refractivity contribution in [3.05, 3.63) is 0 Å². The highest BCUT2D eigenvalue weighted by Crippen LogP contribution is 2.07. The fourth-order valence-corrected chi connectivity index (χ4v) is 0.895. The van der Waals surface area contributed by atoms with Crippen molar-refractivity contribution in [3.63, 3.8) is 0 Å². The van der Waals surface area contributed by atoms with E-state index < -0.39 is 0 Å². The van der Waals surface area contributed by atoms with Crippen LogP contribution in [-0.2, 0) is 14.3 Å². The summed E-state index contributed by atoms with van der Waals surface area (Å²) in [7, 11) is 0. The molecule has 1 atom stereocenters. The van der Waals surface area contributed by atoms with Gasteiger partial charge >= 0.3 is 5.97 Å². The molecule has 82 valence electrons. The first-order chi connectivity index (χ1) is 6.34. The molecule has 0 aliphatic heterocycles. The second kappa shape index (κ2) is 5.78. The topological polar surface area (TPSA) is 43.4 Å². The third-order valence-electron chi connectivity index (χ3n) is 1.92. The number of rotatable bonds is 5. The summed E-state index contributed by atoms with van der Waals surface area (Å²) in [6.45, 7) is 9.00. The first kappa shape index (κ1) is 13.1. The molecule has 1 unspecified atom stereocenters. The molecular formula is C11H20O3. The van der Waals surface area contributed by atoms with Gasteiger partial charge in [-0.15, -0.1) is 0 Å². The van der Waals surface area contributed by atoms with E-state index in [-0.39, 0.29) is 29.7 Å². The van der Waals surface area contributed by atoms with Gasteiger partial charge in [0.25, 0.3) is 0 Å². The summed E-state index contributed by atoms with van der Waals surface area (Å²) in [6.07, 6.45) is 0.00986. The lowest BCUT2D eigenvalue weighted by Crippen LogP contribution is -2.23. The van der Waals surface area contributed by atoms with Crippen LogP contribution in [0.3, 0.4) is 0 Å². The Balaban J connectivity index is 3.93. The van der Waals surface area contributed by atoms with Crippen molar-refractivity contribution >= 4 is 11.8 Å². The number of carbonyl (C=O) groups excluding carboxylic acids is 2. The van der Waals surface area contributed by atoms with Crippen LogP contribution in [0.5, 0.6) is 0 Å². The predicted octanol–water partition coefficient (Wildman–Crippen LogP) is 2.19. The summed E-state index contributed by atoms with van der Waals surface area (Å²) >= 11 is 0. The van der Waals surface area contributed by atoms with Crippen LogP contribution in [0.25, 0.3) is 0 Å². The third kappa shape index (κ3) is 5.00. The van der Waals surface area contributed by atoms with Gasteiger partial charge in [0.05, 0.1) is 5.92 Å². The zero-order valence-corrected chi connectivity index (χ0v) is 9.66. The number of ketones is 1. The monoisotopic (exact) mass is 200 g/mol. The maximum Gasteiger partial charge on any atom is 0.308 e. The van der Waals surface area contributed by atoms with Gasteiger partial charge in [-0.05, 0) is 6.92 Å². The molecule has 3 nitrogen and oxygen atoms in total. The van der Waals surface area contributed by atoms with Gasteiger partial charge in [-0.25, -0.2) is 0 Å². The smallest absolute Gasteiger partial charge is 0.308 e. The molecule has 0 heterocycles. The van der Waals surface area contributed by atoms with Crippen molar-refractivity contribution in [1.29, 1.82) is 0 Å². The lowest BCUT2D eigenvalue weighted by Gasteiger charge is -2.15. The molecule has 0 fully saturated rings. The van der Waals surface area contributed by atoms with Gasteiger partial charge < -0.3 is 4.74 Å². The summed E-state index contributed by atoms with van der Waals surface area (Å²) in [4.78, 5) is 22.5. The van der Waals surface area contributed by atoms with Gasteiger partial charge in [-0.1, -0.05) is 27.7 Å². The van der Waals surface area contributed by atoms with Crippen LogP contribution in [0.2, 0.25) is 0 Å². The average Bonchev–Trinajstić information content (AvgIpc) is 2.03. The van der Waals surface area contributed by atoms with Crippen LogP contribution in [0.15, 0.2) is 0 Å². The molecule has 14 heavy (non-hydrogen) atoms. The molecule has 3 heteroatoms. The van der Waals surface area contributed by atoms with Crippen LogP contribution >= 0.6 is 0 Å². The summed E-state index contributed by atoms with van der Waals surface area (Å²) in [5.41, 5.74) is 0. The van der Waals surface area contributed by atoms with Gasteiger partial charge in [0, 0.05) is 12.3 Å². The Kier molecular flexibility index (Phi) is 5.43. The number of esters is 1. The number of ether oxygens (including phenoxy) is 1. The van der Waals surface area contributed by atoms with E-state index in [1.165, 1.54) is 0 Å². The summed E-state index contributed by atoms with van der Waals surface area (Å²) in [5, 5.41) is 0. The molecule has 0 bridgehead atoms. The first-order valence-corrected chi connectivity index (χ1v) is 5.07. The first-order valence-electron chi connectivity index (χ1n) is 5.07. The largest absolute Gasteiger partial charge is 0.462 e. The van der Waals surface area contributed by atoms with E-state index in [1.54, 1.807) is 20.8 Å². The zero-order valence-electron chi connectivity index (χ0n) is 9.66.